The van der Waals surface area contributed by atoms with Crippen molar-refractivity contribution in [1.82, 2.24) is 15.0 Å². The van der Waals surface area contributed by atoms with Gasteiger partial charge in [0.25, 0.3) is 0 Å². The second kappa shape index (κ2) is 8.23. The summed E-state index contributed by atoms with van der Waals surface area (Å²) in [5.74, 6) is 1.68. The zero-order valence-corrected chi connectivity index (χ0v) is 18.2. The molecule has 3 atom stereocenters. The Labute approximate surface area is 185 Å². The van der Waals surface area contributed by atoms with E-state index in [1.165, 1.54) is 12.1 Å². The Morgan fingerprint density at radius 1 is 1.16 bits per heavy atom. The first-order chi connectivity index (χ1) is 15.5. The van der Waals surface area contributed by atoms with Crippen molar-refractivity contribution in [2.45, 2.75) is 45.4 Å². The molecule has 8 nitrogen and oxygen atoms in total. The van der Waals surface area contributed by atoms with Gasteiger partial charge < -0.3 is 25.0 Å². The van der Waals surface area contributed by atoms with Crippen LogP contribution in [0.25, 0.3) is 0 Å². The third kappa shape index (κ3) is 4.16. The van der Waals surface area contributed by atoms with Gasteiger partial charge in [-0.3, -0.25) is 0 Å². The number of nitrogens with one attached hydrogen (secondary N) is 2. The zero-order valence-electron chi connectivity index (χ0n) is 18.2. The number of rotatable bonds is 6. The van der Waals surface area contributed by atoms with E-state index in [-0.39, 0.29) is 24.2 Å². The molecule has 1 fully saturated rings. The number of likely N-dealkylation sites (N-methyl/N-ethyl adjacent to an activating group) is 1. The van der Waals surface area contributed by atoms with Gasteiger partial charge in [0, 0.05) is 25.9 Å². The topological polar surface area (TPSA) is 87.7 Å². The number of halogens is 1. The first kappa shape index (κ1) is 20.4. The first-order valence-electron chi connectivity index (χ1n) is 10.6. The van der Waals surface area contributed by atoms with Crippen LogP contribution in [0.3, 0.4) is 0 Å². The minimum atomic E-state index is -0.263. The summed E-state index contributed by atoms with van der Waals surface area (Å²) in [4.78, 5) is 15.8. The van der Waals surface area contributed by atoms with Gasteiger partial charge in [0.15, 0.2) is 12.0 Å². The highest BCUT2D eigenvalue weighted by atomic mass is 19.1. The van der Waals surface area contributed by atoms with Gasteiger partial charge in [-0.2, -0.15) is 4.98 Å². The minimum Gasteiger partial charge on any atom is -0.473 e. The third-order valence-electron chi connectivity index (χ3n) is 5.85. The van der Waals surface area contributed by atoms with Crippen LogP contribution in [0.4, 0.5) is 21.8 Å². The number of benzene rings is 1. The normalized spacial score (nSPS) is 21.1. The molecule has 0 bridgehead atoms. The summed E-state index contributed by atoms with van der Waals surface area (Å²) in [7, 11) is 2.03. The number of fused-ring (bicyclic) bond motifs is 2. The van der Waals surface area contributed by atoms with Crippen molar-refractivity contribution in [3.63, 3.8) is 0 Å². The molecule has 0 amide bonds. The van der Waals surface area contributed by atoms with Gasteiger partial charge in [0.1, 0.15) is 24.2 Å². The molecule has 4 heterocycles. The summed E-state index contributed by atoms with van der Waals surface area (Å²) < 4.78 is 24.3. The highest BCUT2D eigenvalue weighted by Crippen LogP contribution is 2.39. The van der Waals surface area contributed by atoms with Crippen LogP contribution >= 0.6 is 0 Å². The molecule has 0 spiro atoms. The number of nitrogens with zero attached hydrogens (tertiary/aromatic N) is 4. The smallest absolute Gasteiger partial charge is 0.225 e. The van der Waals surface area contributed by atoms with Gasteiger partial charge in [-0.1, -0.05) is 18.2 Å². The molecule has 2 unspecified atom stereocenters. The van der Waals surface area contributed by atoms with Crippen LogP contribution in [-0.2, 0) is 17.9 Å². The Hall–Kier alpha value is -3.46. The maximum atomic E-state index is 13.0. The van der Waals surface area contributed by atoms with Gasteiger partial charge in [-0.05, 0) is 37.1 Å². The van der Waals surface area contributed by atoms with Crippen LogP contribution in [0.15, 0.2) is 42.6 Å². The molecule has 2 N–H and O–H groups in total. The number of aromatic nitrogens is 3. The lowest BCUT2D eigenvalue weighted by Gasteiger charge is -2.25. The van der Waals surface area contributed by atoms with E-state index >= 15 is 0 Å². The predicted octanol–water partition coefficient (Wildman–Crippen LogP) is 3.49. The fourth-order valence-electron chi connectivity index (χ4n) is 3.74. The molecule has 1 aromatic carbocycles. The Kier molecular flexibility index (Phi) is 5.26. The number of anilines is 3. The largest absolute Gasteiger partial charge is 0.473 e. The lowest BCUT2D eigenvalue weighted by molar-refractivity contribution is 0.293. The highest BCUT2D eigenvalue weighted by molar-refractivity contribution is 5.72. The molecule has 3 aromatic rings. The molecule has 32 heavy (non-hydrogen) atoms. The van der Waals surface area contributed by atoms with Crippen LogP contribution in [0.1, 0.15) is 23.7 Å². The van der Waals surface area contributed by atoms with Gasteiger partial charge in [0.2, 0.25) is 11.8 Å². The summed E-state index contributed by atoms with van der Waals surface area (Å²) >= 11 is 0. The van der Waals surface area contributed by atoms with E-state index < -0.39 is 0 Å². The Morgan fingerprint density at radius 2 is 1.94 bits per heavy atom. The van der Waals surface area contributed by atoms with Crippen LogP contribution < -0.4 is 20.3 Å². The number of epoxide rings is 1. The fraction of sp³-hybridized carbons (Fsp3) is 0.348. The van der Waals surface area contributed by atoms with Gasteiger partial charge in [-0.15, -0.1) is 0 Å². The van der Waals surface area contributed by atoms with E-state index in [1.54, 1.807) is 18.3 Å². The lowest BCUT2D eigenvalue weighted by Crippen LogP contribution is -2.34. The second-order valence-electron chi connectivity index (χ2n) is 8.12. The van der Waals surface area contributed by atoms with Crippen LogP contribution in [0, 0.1) is 12.7 Å². The third-order valence-corrected chi connectivity index (χ3v) is 5.85. The Balaban J connectivity index is 1.22. The van der Waals surface area contributed by atoms with E-state index in [2.05, 4.69) is 32.4 Å². The molecule has 0 saturated carbocycles. The quantitative estimate of drug-likeness (QED) is 0.568. The van der Waals surface area contributed by atoms with Crippen molar-refractivity contribution in [2.75, 3.05) is 22.6 Å². The van der Waals surface area contributed by atoms with Crippen LogP contribution in [0.2, 0.25) is 0 Å². The van der Waals surface area contributed by atoms with Crippen molar-refractivity contribution < 1.29 is 13.9 Å². The van der Waals surface area contributed by atoms with E-state index in [9.17, 15) is 4.39 Å². The van der Waals surface area contributed by atoms with Crippen molar-refractivity contribution in [1.29, 1.82) is 0 Å². The molecule has 2 aliphatic heterocycles. The molecule has 0 radical (unpaired) electrons. The van der Waals surface area contributed by atoms with Crippen LogP contribution in [0.5, 0.6) is 5.88 Å². The molecule has 2 aromatic heterocycles. The standard InChI is InChI=1S/C23H25FN6O2/c1-13-19-21(30(3)14(2)20-22(28-19)32-20)29-23(27-13)26-11-16-6-9-18(25-10-16)31-12-15-4-7-17(24)8-5-15/h4-10,14,20,22,28H,11-12H2,1-3H3,(H,26,27,29)/t14-,20?,22?/m0/s1. The summed E-state index contributed by atoms with van der Waals surface area (Å²) in [6.07, 6.45) is 1.95. The van der Waals surface area contributed by atoms with E-state index in [4.69, 9.17) is 14.5 Å². The molecule has 9 heteroatoms. The summed E-state index contributed by atoms with van der Waals surface area (Å²) in [5.41, 5.74) is 3.65. The van der Waals surface area contributed by atoms with Gasteiger partial charge >= 0.3 is 0 Å². The SMILES string of the molecule is Cc1nc(NCc2ccc(OCc3ccc(F)cc3)nc2)nc2c1NC1OC1[C@H](C)N2C. The Bertz CT molecular complexity index is 1110. The molecule has 0 aliphatic carbocycles. The number of pyridine rings is 1. The lowest BCUT2D eigenvalue weighted by atomic mass is 10.2. The fourth-order valence-corrected chi connectivity index (χ4v) is 3.74. The number of aryl methyl sites for hydroxylation is 1. The van der Waals surface area contributed by atoms with E-state index in [0.717, 1.165) is 28.3 Å². The molecule has 1 saturated heterocycles. The van der Waals surface area contributed by atoms with Crippen molar-refractivity contribution in [2.24, 2.45) is 0 Å². The minimum absolute atomic E-state index is 0.0321. The second-order valence-corrected chi connectivity index (χ2v) is 8.12. The number of hydrogen-bond donors (Lipinski definition) is 2. The predicted molar refractivity (Wildman–Crippen MR) is 119 cm³/mol. The molecular formula is C23H25FN6O2. The van der Waals surface area contributed by atoms with E-state index in [1.807, 2.05) is 26.1 Å². The van der Waals surface area contributed by atoms with Crippen molar-refractivity contribution in [3.8, 4) is 5.88 Å². The Morgan fingerprint density at radius 3 is 2.69 bits per heavy atom. The summed E-state index contributed by atoms with van der Waals surface area (Å²) in [6.45, 7) is 4.97. The van der Waals surface area contributed by atoms with Crippen molar-refractivity contribution in [3.05, 3.63) is 65.2 Å². The monoisotopic (exact) mass is 436 g/mol. The van der Waals surface area contributed by atoms with Gasteiger partial charge in [-0.25, -0.2) is 14.4 Å². The maximum Gasteiger partial charge on any atom is 0.225 e. The molecular weight excluding hydrogens is 411 g/mol. The number of hydrogen-bond acceptors (Lipinski definition) is 8. The highest BCUT2D eigenvalue weighted by Gasteiger charge is 2.48. The average molecular weight is 436 g/mol. The van der Waals surface area contributed by atoms with E-state index in [0.29, 0.717) is 25.0 Å². The number of ether oxygens (including phenoxy) is 2. The van der Waals surface area contributed by atoms with Crippen molar-refractivity contribution >= 4 is 17.5 Å². The molecule has 166 valence electrons. The van der Waals surface area contributed by atoms with Gasteiger partial charge in [0.05, 0.1) is 11.7 Å². The molecule has 2 aliphatic rings. The first-order valence-corrected chi connectivity index (χ1v) is 10.6. The molecule has 5 rings (SSSR count). The summed E-state index contributed by atoms with van der Waals surface area (Å²) in [6, 6.07) is 10.2. The average Bonchev–Trinajstić information content (AvgIpc) is 3.58. The zero-order chi connectivity index (χ0) is 22.2. The summed E-state index contributed by atoms with van der Waals surface area (Å²) in [5, 5.41) is 6.69. The maximum absolute atomic E-state index is 13.0. The van der Waals surface area contributed by atoms with Crippen LogP contribution in [-0.4, -0.2) is 40.4 Å².